The number of nitrogens with zero attached hydrogens (tertiary/aromatic N) is 3. The van der Waals surface area contributed by atoms with E-state index in [4.69, 9.17) is 4.98 Å². The summed E-state index contributed by atoms with van der Waals surface area (Å²) in [4.78, 5) is 18.9. The van der Waals surface area contributed by atoms with Gasteiger partial charge in [0.05, 0.1) is 11.0 Å². The van der Waals surface area contributed by atoms with E-state index < -0.39 is 5.76 Å². The van der Waals surface area contributed by atoms with E-state index in [-0.39, 0.29) is 0 Å². The lowest BCUT2D eigenvalue weighted by Gasteiger charge is -2.11. The van der Waals surface area contributed by atoms with Crippen LogP contribution in [-0.4, -0.2) is 19.7 Å². The first-order valence-corrected chi connectivity index (χ1v) is 10.5. The third kappa shape index (κ3) is 3.26. The Morgan fingerprint density at radius 3 is 2.42 bits per heavy atom. The van der Waals surface area contributed by atoms with Crippen LogP contribution >= 0.6 is 0 Å². The number of hydrogen-bond donors (Lipinski definition) is 1. The van der Waals surface area contributed by atoms with Gasteiger partial charge in [-0.1, -0.05) is 65.8 Å². The van der Waals surface area contributed by atoms with Gasteiger partial charge in [-0.3, -0.25) is 9.51 Å². The molecule has 152 valence electrons. The highest BCUT2D eigenvalue weighted by atomic mass is 16.5. The van der Waals surface area contributed by atoms with E-state index in [0.29, 0.717) is 11.7 Å². The van der Waals surface area contributed by atoms with E-state index in [1.165, 1.54) is 29.7 Å². The van der Waals surface area contributed by atoms with E-state index in [1.807, 2.05) is 30.3 Å². The molecule has 0 aliphatic heterocycles. The molecule has 1 fully saturated rings. The van der Waals surface area contributed by atoms with Crippen LogP contribution in [0.1, 0.15) is 30.1 Å². The van der Waals surface area contributed by atoms with Crippen LogP contribution in [0.3, 0.4) is 0 Å². The molecular weight excluding hydrogens is 388 g/mol. The Kier molecular flexibility index (Phi) is 4.09. The van der Waals surface area contributed by atoms with E-state index in [2.05, 4.69) is 61.7 Å². The summed E-state index contributed by atoms with van der Waals surface area (Å²) in [7, 11) is 0. The molecule has 6 nitrogen and oxygen atoms in total. The zero-order valence-corrected chi connectivity index (χ0v) is 16.8. The molecule has 1 saturated carbocycles. The van der Waals surface area contributed by atoms with Crippen molar-refractivity contribution in [2.24, 2.45) is 0 Å². The number of rotatable bonds is 5. The van der Waals surface area contributed by atoms with Gasteiger partial charge in [0.15, 0.2) is 5.82 Å². The van der Waals surface area contributed by atoms with Gasteiger partial charge in [0.1, 0.15) is 5.82 Å². The van der Waals surface area contributed by atoms with Crippen molar-refractivity contribution in [2.75, 3.05) is 0 Å². The predicted molar refractivity (Wildman–Crippen MR) is 119 cm³/mol. The molecule has 3 aromatic carbocycles. The molecule has 6 heteroatoms. The first kappa shape index (κ1) is 17.9. The summed E-state index contributed by atoms with van der Waals surface area (Å²) >= 11 is 0. The SMILES string of the molecule is O=c1[nH]c(-c2ccccc2-c2ccc(Cn3c(C4CC4)nc4ccccc43)cc2)no1. The first-order chi connectivity index (χ1) is 15.3. The summed E-state index contributed by atoms with van der Waals surface area (Å²) < 4.78 is 7.05. The second-order valence-electron chi connectivity index (χ2n) is 8.01. The molecule has 2 heterocycles. The number of nitrogens with one attached hydrogen (secondary N) is 1. The van der Waals surface area contributed by atoms with Gasteiger partial charge < -0.3 is 4.57 Å². The van der Waals surface area contributed by atoms with Crippen molar-refractivity contribution in [3.63, 3.8) is 0 Å². The van der Waals surface area contributed by atoms with Gasteiger partial charge in [-0.2, -0.15) is 0 Å². The fourth-order valence-electron chi connectivity index (χ4n) is 4.17. The minimum atomic E-state index is -0.556. The van der Waals surface area contributed by atoms with Gasteiger partial charge in [0, 0.05) is 18.0 Å². The molecule has 0 saturated heterocycles. The molecule has 1 N–H and O–H groups in total. The normalized spacial score (nSPS) is 13.7. The molecule has 1 aliphatic rings. The quantitative estimate of drug-likeness (QED) is 0.445. The van der Waals surface area contributed by atoms with Crippen molar-refractivity contribution in [3.05, 3.63) is 94.7 Å². The number of fused-ring (bicyclic) bond motifs is 1. The highest BCUT2D eigenvalue weighted by molar-refractivity contribution is 5.80. The molecule has 0 amide bonds. The molecule has 5 aromatic rings. The molecule has 31 heavy (non-hydrogen) atoms. The summed E-state index contributed by atoms with van der Waals surface area (Å²) in [5, 5.41) is 3.85. The van der Waals surface area contributed by atoms with Gasteiger partial charge in [0.2, 0.25) is 0 Å². The van der Waals surface area contributed by atoms with Gasteiger partial charge in [-0.15, -0.1) is 0 Å². The predicted octanol–water partition coefficient (Wildman–Crippen LogP) is 4.97. The monoisotopic (exact) mass is 408 g/mol. The van der Waals surface area contributed by atoms with Gasteiger partial charge in [-0.05, 0) is 41.7 Å². The lowest BCUT2D eigenvalue weighted by Crippen LogP contribution is -2.04. The maximum Gasteiger partial charge on any atom is 0.439 e. The zero-order chi connectivity index (χ0) is 20.8. The largest absolute Gasteiger partial charge is 0.439 e. The summed E-state index contributed by atoms with van der Waals surface area (Å²) in [5.41, 5.74) is 6.36. The van der Waals surface area contributed by atoms with Crippen LogP contribution in [0.15, 0.2) is 82.1 Å². The lowest BCUT2D eigenvalue weighted by molar-refractivity contribution is 0.388. The van der Waals surface area contributed by atoms with Crippen molar-refractivity contribution in [2.45, 2.75) is 25.3 Å². The number of imidazole rings is 1. The minimum absolute atomic E-state index is 0.434. The molecule has 0 bridgehead atoms. The average molecular weight is 408 g/mol. The third-order valence-corrected chi connectivity index (χ3v) is 5.85. The van der Waals surface area contributed by atoms with Crippen LogP contribution in [-0.2, 0) is 6.54 Å². The van der Waals surface area contributed by atoms with Crippen LogP contribution in [0.25, 0.3) is 33.5 Å². The number of benzene rings is 3. The Hall–Kier alpha value is -3.93. The zero-order valence-electron chi connectivity index (χ0n) is 16.8. The van der Waals surface area contributed by atoms with Crippen molar-refractivity contribution in [3.8, 4) is 22.5 Å². The standard InChI is InChI=1S/C25H20N4O2/c30-25-27-23(28-31-25)20-6-2-1-5-19(20)17-11-9-16(10-12-17)15-29-22-8-4-3-7-21(22)26-24(29)18-13-14-18/h1-12,18H,13-15H2,(H,27,28,30). The maximum absolute atomic E-state index is 11.4. The van der Waals surface area contributed by atoms with Crippen LogP contribution in [0.4, 0.5) is 0 Å². The summed E-state index contributed by atoms with van der Waals surface area (Å²) in [6, 6.07) is 24.7. The maximum atomic E-state index is 11.4. The fourth-order valence-corrected chi connectivity index (χ4v) is 4.17. The van der Waals surface area contributed by atoms with Gasteiger partial charge in [0.25, 0.3) is 0 Å². The Morgan fingerprint density at radius 2 is 1.68 bits per heavy atom. The molecule has 2 aromatic heterocycles. The van der Waals surface area contributed by atoms with Gasteiger partial charge >= 0.3 is 5.76 Å². The van der Waals surface area contributed by atoms with E-state index in [9.17, 15) is 4.79 Å². The molecule has 0 spiro atoms. The molecule has 0 radical (unpaired) electrons. The molecule has 6 rings (SSSR count). The summed E-state index contributed by atoms with van der Waals surface area (Å²) in [6.45, 7) is 0.797. The van der Waals surface area contributed by atoms with E-state index >= 15 is 0 Å². The number of aromatic amines is 1. The van der Waals surface area contributed by atoms with Crippen LogP contribution in [0.5, 0.6) is 0 Å². The minimum Gasteiger partial charge on any atom is -0.323 e. The van der Waals surface area contributed by atoms with Crippen molar-refractivity contribution >= 4 is 11.0 Å². The Bertz CT molecular complexity index is 1440. The van der Waals surface area contributed by atoms with Crippen LogP contribution < -0.4 is 5.76 Å². The van der Waals surface area contributed by atoms with Crippen molar-refractivity contribution in [1.29, 1.82) is 0 Å². The average Bonchev–Trinajstić information content (AvgIpc) is 3.47. The molecule has 0 atom stereocenters. The number of H-pyrrole nitrogens is 1. The highest BCUT2D eigenvalue weighted by Crippen LogP contribution is 2.41. The number of hydrogen-bond acceptors (Lipinski definition) is 4. The molecule has 1 aliphatic carbocycles. The fraction of sp³-hybridized carbons (Fsp3) is 0.160. The van der Waals surface area contributed by atoms with Gasteiger partial charge in [-0.25, -0.2) is 9.78 Å². The van der Waals surface area contributed by atoms with E-state index in [0.717, 1.165) is 28.8 Å². The summed E-state index contributed by atoms with van der Waals surface area (Å²) in [6.07, 6.45) is 2.45. The molecule has 0 unspecified atom stereocenters. The lowest BCUT2D eigenvalue weighted by atomic mass is 9.98. The highest BCUT2D eigenvalue weighted by Gasteiger charge is 2.29. The first-order valence-electron chi connectivity index (χ1n) is 10.5. The number of aromatic nitrogens is 4. The Labute approximate surface area is 178 Å². The van der Waals surface area contributed by atoms with Crippen molar-refractivity contribution in [1.82, 2.24) is 19.7 Å². The topological polar surface area (TPSA) is 76.7 Å². The van der Waals surface area contributed by atoms with Crippen LogP contribution in [0, 0.1) is 0 Å². The third-order valence-electron chi connectivity index (χ3n) is 5.85. The Balaban J connectivity index is 1.35. The van der Waals surface area contributed by atoms with Crippen molar-refractivity contribution < 1.29 is 4.52 Å². The number of para-hydroxylation sites is 2. The smallest absolute Gasteiger partial charge is 0.323 e. The second kappa shape index (κ2) is 7.09. The van der Waals surface area contributed by atoms with E-state index in [1.54, 1.807) is 0 Å². The second-order valence-corrected chi connectivity index (χ2v) is 8.01. The molecular formula is C25H20N4O2. The van der Waals surface area contributed by atoms with Crippen LogP contribution in [0.2, 0.25) is 0 Å². The Morgan fingerprint density at radius 1 is 0.935 bits per heavy atom. The summed E-state index contributed by atoms with van der Waals surface area (Å²) in [5.74, 6) is 1.66.